The van der Waals surface area contributed by atoms with Gasteiger partial charge in [0.1, 0.15) is 17.7 Å². The largest absolute Gasteiger partial charge is 0.369 e. The molecule has 8 heteroatoms. The first-order valence-electron chi connectivity index (χ1n) is 8.62. The van der Waals surface area contributed by atoms with Crippen LogP contribution in [0.2, 0.25) is 0 Å². The van der Waals surface area contributed by atoms with Gasteiger partial charge in [-0.25, -0.2) is 4.98 Å². The van der Waals surface area contributed by atoms with Crippen LogP contribution in [0.4, 0.5) is 0 Å². The van der Waals surface area contributed by atoms with Crippen LogP contribution < -0.4 is 0 Å². The molecule has 0 unspecified atom stereocenters. The minimum absolute atomic E-state index is 0.0155. The molecule has 0 radical (unpaired) electrons. The van der Waals surface area contributed by atoms with Crippen LogP contribution in [0.5, 0.6) is 0 Å². The van der Waals surface area contributed by atoms with Gasteiger partial charge in [-0.05, 0) is 26.7 Å². The first kappa shape index (κ1) is 16.0. The molecule has 2 atom stereocenters. The summed E-state index contributed by atoms with van der Waals surface area (Å²) in [7, 11) is 0. The van der Waals surface area contributed by atoms with Crippen LogP contribution >= 0.6 is 0 Å². The summed E-state index contributed by atoms with van der Waals surface area (Å²) in [5, 5.41) is 8.08. The second-order valence-electron chi connectivity index (χ2n) is 6.27. The molecule has 1 fully saturated rings. The minimum Gasteiger partial charge on any atom is -0.369 e. The van der Waals surface area contributed by atoms with E-state index in [-0.39, 0.29) is 12.0 Å². The number of hydrogen-bond donors (Lipinski definition) is 0. The van der Waals surface area contributed by atoms with Crippen molar-refractivity contribution in [3.05, 3.63) is 47.5 Å². The number of hydrogen-bond acceptors (Lipinski definition) is 7. The van der Waals surface area contributed by atoms with E-state index in [1.54, 1.807) is 6.20 Å². The van der Waals surface area contributed by atoms with Gasteiger partial charge in [-0.1, -0.05) is 10.3 Å². The zero-order chi connectivity index (χ0) is 17.2. The molecule has 1 aliphatic heterocycles. The van der Waals surface area contributed by atoms with Gasteiger partial charge in [0.25, 0.3) is 0 Å². The smallest absolute Gasteiger partial charge is 0.232 e. The maximum atomic E-state index is 6.02. The number of rotatable bonds is 5. The van der Waals surface area contributed by atoms with Crippen molar-refractivity contribution >= 4 is 0 Å². The van der Waals surface area contributed by atoms with Crippen molar-refractivity contribution in [3.63, 3.8) is 0 Å². The van der Waals surface area contributed by atoms with Crippen LogP contribution in [0.1, 0.15) is 60.8 Å². The van der Waals surface area contributed by atoms with Crippen molar-refractivity contribution in [2.45, 2.75) is 51.7 Å². The topological polar surface area (TPSA) is 92.0 Å². The van der Waals surface area contributed by atoms with Gasteiger partial charge in [-0.15, -0.1) is 0 Å². The summed E-state index contributed by atoms with van der Waals surface area (Å²) in [5.41, 5.74) is 0.794. The predicted molar refractivity (Wildman–Crippen MR) is 86.9 cm³/mol. The highest BCUT2D eigenvalue weighted by molar-refractivity contribution is 5.12. The maximum Gasteiger partial charge on any atom is 0.232 e. The molecule has 4 heterocycles. The van der Waals surface area contributed by atoms with Crippen molar-refractivity contribution in [3.8, 4) is 0 Å². The summed E-state index contributed by atoms with van der Waals surface area (Å²) in [6, 6.07) is 1.88. The fourth-order valence-corrected chi connectivity index (χ4v) is 3.29. The predicted octanol–water partition coefficient (Wildman–Crippen LogP) is 2.81. The average Bonchev–Trinajstić information content (AvgIpc) is 3.36. The molecule has 0 amide bonds. The van der Waals surface area contributed by atoms with Gasteiger partial charge in [0.15, 0.2) is 5.82 Å². The summed E-state index contributed by atoms with van der Waals surface area (Å²) in [6.07, 6.45) is 6.01. The normalized spacial score (nSPS) is 20.9. The molecule has 0 bridgehead atoms. The molecule has 25 heavy (non-hydrogen) atoms. The molecule has 0 saturated carbocycles. The summed E-state index contributed by atoms with van der Waals surface area (Å²) >= 11 is 0. The molecule has 3 aromatic heterocycles. The number of nitrogens with zero attached hydrogens (tertiary/aromatic N) is 5. The first-order valence-corrected chi connectivity index (χ1v) is 8.62. The van der Waals surface area contributed by atoms with E-state index in [4.69, 9.17) is 13.8 Å². The summed E-state index contributed by atoms with van der Waals surface area (Å²) in [4.78, 5) is 9.07. The van der Waals surface area contributed by atoms with Crippen LogP contribution in [0.15, 0.2) is 27.5 Å². The van der Waals surface area contributed by atoms with Gasteiger partial charge >= 0.3 is 0 Å². The second kappa shape index (κ2) is 6.79. The minimum atomic E-state index is -0.161. The lowest BCUT2D eigenvalue weighted by atomic mass is 9.93. The molecule has 0 N–H and O–H groups in total. The van der Waals surface area contributed by atoms with Gasteiger partial charge in [0.05, 0.1) is 18.0 Å². The fourth-order valence-electron chi connectivity index (χ4n) is 3.29. The Morgan fingerprint density at radius 2 is 2.20 bits per heavy atom. The zero-order valence-corrected chi connectivity index (χ0v) is 14.4. The Kier molecular flexibility index (Phi) is 4.35. The van der Waals surface area contributed by atoms with Gasteiger partial charge in [0.2, 0.25) is 5.89 Å². The monoisotopic (exact) mass is 343 g/mol. The van der Waals surface area contributed by atoms with Gasteiger partial charge < -0.3 is 18.4 Å². The fraction of sp³-hybridized carbons (Fsp3) is 0.529. The second-order valence-corrected chi connectivity index (χ2v) is 6.27. The SMILES string of the molecule is CCn1ccnc1[C@@H]1OCCC[C@H]1c1nc(Cc2cc(C)on2)no1. The van der Waals surface area contributed by atoms with Gasteiger partial charge in [-0.2, -0.15) is 4.98 Å². The standard InChI is InChI=1S/C17H21N5O3/c1-3-22-7-6-18-16(22)15-13(5-4-8-23-15)17-19-14(21-25-17)10-12-9-11(2)24-20-12/h6-7,9,13,15H,3-5,8,10H2,1-2H3/t13-,15-/m1/s1. The quantitative estimate of drug-likeness (QED) is 0.703. The van der Waals surface area contributed by atoms with Crippen LogP contribution in [-0.4, -0.2) is 31.5 Å². The van der Waals surface area contributed by atoms with Crippen molar-refractivity contribution in [2.24, 2.45) is 0 Å². The van der Waals surface area contributed by atoms with Crippen molar-refractivity contribution < 1.29 is 13.8 Å². The van der Waals surface area contributed by atoms with E-state index in [0.29, 0.717) is 18.1 Å². The van der Waals surface area contributed by atoms with Gasteiger partial charge in [0, 0.05) is 31.6 Å². The number of imidazole rings is 1. The van der Waals surface area contributed by atoms with Crippen LogP contribution in [0.3, 0.4) is 0 Å². The maximum absolute atomic E-state index is 6.02. The molecule has 132 valence electrons. The molecule has 0 aliphatic carbocycles. The molecule has 3 aromatic rings. The van der Waals surface area contributed by atoms with Crippen LogP contribution in [-0.2, 0) is 17.7 Å². The van der Waals surface area contributed by atoms with E-state index in [1.165, 1.54) is 0 Å². The number of aryl methyl sites for hydroxylation is 2. The van der Waals surface area contributed by atoms with Crippen LogP contribution in [0.25, 0.3) is 0 Å². The summed E-state index contributed by atoms with van der Waals surface area (Å²) in [6.45, 7) is 5.52. The highest BCUT2D eigenvalue weighted by Gasteiger charge is 2.35. The van der Waals surface area contributed by atoms with E-state index in [1.807, 2.05) is 19.2 Å². The Labute approximate surface area is 145 Å². The Morgan fingerprint density at radius 1 is 1.28 bits per heavy atom. The zero-order valence-electron chi connectivity index (χ0n) is 14.4. The van der Waals surface area contributed by atoms with E-state index < -0.39 is 0 Å². The summed E-state index contributed by atoms with van der Waals surface area (Å²) in [5.74, 6) is 2.91. The lowest BCUT2D eigenvalue weighted by molar-refractivity contribution is -0.0173. The van der Waals surface area contributed by atoms with E-state index in [2.05, 4.69) is 31.8 Å². The number of ether oxygens (including phenoxy) is 1. The number of aromatic nitrogens is 5. The highest BCUT2D eigenvalue weighted by atomic mass is 16.5. The molecule has 0 spiro atoms. The lowest BCUT2D eigenvalue weighted by Gasteiger charge is -2.29. The Morgan fingerprint density at radius 3 is 3.00 bits per heavy atom. The molecule has 1 saturated heterocycles. The van der Waals surface area contributed by atoms with Crippen molar-refractivity contribution in [1.82, 2.24) is 24.8 Å². The molecule has 4 rings (SSSR count). The third kappa shape index (κ3) is 3.21. The third-order valence-electron chi connectivity index (χ3n) is 4.48. The first-order chi connectivity index (χ1) is 12.2. The van der Waals surface area contributed by atoms with Crippen molar-refractivity contribution in [1.29, 1.82) is 0 Å². The Bertz CT molecular complexity index is 837. The van der Waals surface area contributed by atoms with Gasteiger partial charge in [-0.3, -0.25) is 0 Å². The lowest BCUT2D eigenvalue weighted by Crippen LogP contribution is -2.24. The Hall–Kier alpha value is -2.48. The summed E-state index contributed by atoms with van der Waals surface area (Å²) < 4.78 is 18.8. The average molecular weight is 343 g/mol. The van der Waals surface area contributed by atoms with E-state index >= 15 is 0 Å². The molecular formula is C17H21N5O3. The highest BCUT2D eigenvalue weighted by Crippen LogP contribution is 2.39. The molecule has 8 nitrogen and oxygen atoms in total. The third-order valence-corrected chi connectivity index (χ3v) is 4.48. The van der Waals surface area contributed by atoms with Crippen LogP contribution in [0, 0.1) is 6.92 Å². The molecular weight excluding hydrogens is 322 g/mol. The van der Waals surface area contributed by atoms with Crippen molar-refractivity contribution in [2.75, 3.05) is 6.61 Å². The van der Waals surface area contributed by atoms with E-state index in [0.717, 1.165) is 43.3 Å². The van der Waals surface area contributed by atoms with E-state index in [9.17, 15) is 0 Å². The molecule has 1 aliphatic rings. The molecule has 0 aromatic carbocycles. The Balaban J connectivity index is 1.56.